The van der Waals surface area contributed by atoms with Gasteiger partial charge in [0.2, 0.25) is 5.91 Å². The fourth-order valence-corrected chi connectivity index (χ4v) is 3.51. The van der Waals surface area contributed by atoms with E-state index in [0.717, 1.165) is 44.0 Å². The monoisotopic (exact) mass is 303 g/mol. The minimum atomic E-state index is -0.178. The molecule has 0 bridgehead atoms. The molecule has 1 atom stereocenters. The lowest BCUT2D eigenvalue weighted by Gasteiger charge is -2.32. The average Bonchev–Trinajstić information content (AvgIpc) is 2.55. The molecule has 22 heavy (non-hydrogen) atoms. The summed E-state index contributed by atoms with van der Waals surface area (Å²) in [5.41, 5.74) is 6.47. The summed E-state index contributed by atoms with van der Waals surface area (Å²) in [5.74, 6) is 1.25. The summed E-state index contributed by atoms with van der Waals surface area (Å²) in [5, 5.41) is 0. The predicted octanol–water partition coefficient (Wildman–Crippen LogP) is 0.988. The van der Waals surface area contributed by atoms with Crippen LogP contribution >= 0.6 is 0 Å². The number of rotatable bonds is 3. The van der Waals surface area contributed by atoms with Gasteiger partial charge in [-0.1, -0.05) is 0 Å². The number of amides is 1. The summed E-state index contributed by atoms with van der Waals surface area (Å²) >= 11 is 0. The largest absolute Gasteiger partial charge is 0.369 e. The fourth-order valence-electron chi connectivity index (χ4n) is 3.51. The van der Waals surface area contributed by atoms with Crippen molar-refractivity contribution in [3.63, 3.8) is 0 Å². The molecule has 2 aliphatic heterocycles. The van der Waals surface area contributed by atoms with Gasteiger partial charge in [-0.2, -0.15) is 0 Å². The van der Waals surface area contributed by atoms with Crippen LogP contribution in [-0.2, 0) is 4.79 Å². The van der Waals surface area contributed by atoms with Gasteiger partial charge >= 0.3 is 0 Å². The molecule has 0 aromatic carbocycles. The Balaban J connectivity index is 1.61. The van der Waals surface area contributed by atoms with Gasteiger partial charge in [-0.25, -0.2) is 4.98 Å². The third kappa shape index (κ3) is 3.38. The van der Waals surface area contributed by atoms with Crippen molar-refractivity contribution in [2.75, 3.05) is 38.1 Å². The van der Waals surface area contributed by atoms with E-state index < -0.39 is 0 Å². The molecule has 2 saturated heterocycles. The smallest absolute Gasteiger partial charge is 0.220 e. The summed E-state index contributed by atoms with van der Waals surface area (Å²) in [7, 11) is 2.16. The van der Waals surface area contributed by atoms with Gasteiger partial charge in [0, 0.05) is 31.5 Å². The quantitative estimate of drug-likeness (QED) is 0.901. The summed E-state index contributed by atoms with van der Waals surface area (Å²) in [6.07, 6.45) is 7.86. The number of likely N-dealkylation sites (N-methyl/N-ethyl adjacent to an activating group) is 1. The van der Waals surface area contributed by atoms with E-state index in [0.29, 0.717) is 5.92 Å². The standard InChI is InChI=1S/C16H25N5O/c1-20-6-2-3-13(11-20)14-9-19-15(10-18-14)21-7-4-12(5-8-21)16(17)22/h9-10,12-13H,2-8,11H2,1H3,(H2,17,22)/t13-/m1/s1. The Labute approximate surface area is 131 Å². The van der Waals surface area contributed by atoms with E-state index in [1.165, 1.54) is 19.4 Å². The Morgan fingerprint density at radius 2 is 1.95 bits per heavy atom. The van der Waals surface area contributed by atoms with Gasteiger partial charge in [-0.15, -0.1) is 0 Å². The zero-order valence-corrected chi connectivity index (χ0v) is 13.2. The normalized spacial score (nSPS) is 24.4. The van der Waals surface area contributed by atoms with Gasteiger partial charge in [0.15, 0.2) is 0 Å². The van der Waals surface area contributed by atoms with Gasteiger partial charge in [0.05, 0.1) is 18.1 Å². The van der Waals surface area contributed by atoms with Crippen molar-refractivity contribution in [3.05, 3.63) is 18.1 Å². The van der Waals surface area contributed by atoms with E-state index in [-0.39, 0.29) is 11.8 Å². The molecule has 120 valence electrons. The van der Waals surface area contributed by atoms with E-state index >= 15 is 0 Å². The Bertz CT molecular complexity index is 510. The molecule has 0 unspecified atom stereocenters. The van der Waals surface area contributed by atoms with Crippen LogP contribution in [0.25, 0.3) is 0 Å². The minimum Gasteiger partial charge on any atom is -0.369 e. The van der Waals surface area contributed by atoms with Crippen LogP contribution in [0.3, 0.4) is 0 Å². The van der Waals surface area contributed by atoms with E-state index in [9.17, 15) is 4.79 Å². The Kier molecular flexibility index (Phi) is 4.57. The van der Waals surface area contributed by atoms with Gasteiger partial charge in [-0.3, -0.25) is 9.78 Å². The van der Waals surface area contributed by atoms with Crippen LogP contribution in [-0.4, -0.2) is 54.0 Å². The summed E-state index contributed by atoms with van der Waals surface area (Å²) in [6.45, 7) is 3.90. The molecule has 2 fully saturated rings. The van der Waals surface area contributed by atoms with E-state index in [1.54, 1.807) is 0 Å². The third-order valence-corrected chi connectivity index (χ3v) is 4.92. The van der Waals surface area contributed by atoms with Crippen LogP contribution in [0.5, 0.6) is 0 Å². The van der Waals surface area contributed by atoms with E-state index in [2.05, 4.69) is 26.8 Å². The molecular weight excluding hydrogens is 278 g/mol. The van der Waals surface area contributed by atoms with Crippen molar-refractivity contribution < 1.29 is 4.79 Å². The number of carbonyl (C=O) groups is 1. The van der Waals surface area contributed by atoms with Gasteiger partial charge in [-0.05, 0) is 39.3 Å². The zero-order chi connectivity index (χ0) is 15.5. The number of piperidine rings is 2. The maximum Gasteiger partial charge on any atom is 0.220 e. The van der Waals surface area contributed by atoms with Crippen LogP contribution in [0.2, 0.25) is 0 Å². The first-order valence-corrected chi connectivity index (χ1v) is 8.18. The second kappa shape index (κ2) is 6.60. The van der Waals surface area contributed by atoms with Crippen molar-refractivity contribution in [1.82, 2.24) is 14.9 Å². The topological polar surface area (TPSA) is 75.3 Å². The Hall–Kier alpha value is -1.69. The van der Waals surface area contributed by atoms with Gasteiger partial charge in [0.25, 0.3) is 0 Å². The molecule has 0 aliphatic carbocycles. The van der Waals surface area contributed by atoms with Gasteiger partial charge < -0.3 is 15.5 Å². The zero-order valence-electron chi connectivity index (χ0n) is 13.2. The van der Waals surface area contributed by atoms with Crippen molar-refractivity contribution in [2.45, 2.75) is 31.6 Å². The summed E-state index contributed by atoms with van der Waals surface area (Å²) in [6, 6.07) is 0. The number of likely N-dealkylation sites (tertiary alicyclic amines) is 1. The molecule has 0 radical (unpaired) electrons. The molecule has 1 aromatic rings. The number of nitrogens with two attached hydrogens (primary N) is 1. The van der Waals surface area contributed by atoms with Crippen LogP contribution in [0.1, 0.15) is 37.3 Å². The van der Waals surface area contributed by atoms with Crippen LogP contribution in [0.4, 0.5) is 5.82 Å². The third-order valence-electron chi connectivity index (χ3n) is 4.92. The Morgan fingerprint density at radius 1 is 1.18 bits per heavy atom. The van der Waals surface area contributed by atoms with Crippen molar-refractivity contribution in [1.29, 1.82) is 0 Å². The highest BCUT2D eigenvalue weighted by molar-refractivity contribution is 5.76. The summed E-state index contributed by atoms with van der Waals surface area (Å²) in [4.78, 5) is 25.0. The fraction of sp³-hybridized carbons (Fsp3) is 0.688. The number of anilines is 1. The molecule has 0 spiro atoms. The van der Waals surface area contributed by atoms with Crippen LogP contribution in [0, 0.1) is 5.92 Å². The predicted molar refractivity (Wildman–Crippen MR) is 85.6 cm³/mol. The van der Waals surface area contributed by atoms with E-state index in [4.69, 9.17) is 5.73 Å². The molecule has 0 saturated carbocycles. The molecule has 2 N–H and O–H groups in total. The SMILES string of the molecule is CN1CCC[C@@H](c2cnc(N3CCC(C(N)=O)CC3)cn2)C1. The van der Waals surface area contributed by atoms with Crippen LogP contribution in [0.15, 0.2) is 12.4 Å². The first-order valence-electron chi connectivity index (χ1n) is 8.18. The molecule has 1 aromatic heterocycles. The second-order valence-electron chi connectivity index (χ2n) is 6.56. The van der Waals surface area contributed by atoms with Crippen LogP contribution < -0.4 is 10.6 Å². The highest BCUT2D eigenvalue weighted by atomic mass is 16.1. The number of carbonyl (C=O) groups excluding carboxylic acids is 1. The lowest BCUT2D eigenvalue weighted by atomic mass is 9.95. The molecule has 3 rings (SSSR count). The maximum atomic E-state index is 11.2. The highest BCUT2D eigenvalue weighted by Gasteiger charge is 2.25. The lowest BCUT2D eigenvalue weighted by molar-refractivity contribution is -0.122. The average molecular weight is 303 g/mol. The minimum absolute atomic E-state index is 0.0151. The number of nitrogens with zero attached hydrogens (tertiary/aromatic N) is 4. The maximum absolute atomic E-state index is 11.2. The summed E-state index contributed by atoms with van der Waals surface area (Å²) < 4.78 is 0. The number of hydrogen-bond acceptors (Lipinski definition) is 5. The van der Waals surface area contributed by atoms with Crippen molar-refractivity contribution in [3.8, 4) is 0 Å². The highest BCUT2D eigenvalue weighted by Crippen LogP contribution is 2.26. The number of hydrogen-bond donors (Lipinski definition) is 1. The molecule has 2 aliphatic rings. The number of primary amides is 1. The van der Waals surface area contributed by atoms with Crippen molar-refractivity contribution in [2.24, 2.45) is 11.7 Å². The molecule has 6 nitrogen and oxygen atoms in total. The molecular formula is C16H25N5O. The molecule has 6 heteroatoms. The first kappa shape index (κ1) is 15.2. The molecule has 3 heterocycles. The first-order chi connectivity index (χ1) is 10.6. The van der Waals surface area contributed by atoms with E-state index in [1.807, 2.05) is 12.4 Å². The second-order valence-corrected chi connectivity index (χ2v) is 6.56. The molecule has 1 amide bonds. The number of aromatic nitrogens is 2. The Morgan fingerprint density at radius 3 is 2.55 bits per heavy atom. The van der Waals surface area contributed by atoms with Crippen molar-refractivity contribution >= 4 is 11.7 Å². The van der Waals surface area contributed by atoms with Gasteiger partial charge in [0.1, 0.15) is 5.82 Å². The lowest BCUT2D eigenvalue weighted by Crippen LogP contribution is -2.39.